The zero-order chi connectivity index (χ0) is 25.1. The largest absolute Gasteiger partial charge is 0.457 e. The van der Waals surface area contributed by atoms with E-state index in [0.29, 0.717) is 29.0 Å². The first kappa shape index (κ1) is 23.4. The van der Waals surface area contributed by atoms with Crippen LogP contribution in [0.2, 0.25) is 0 Å². The molecule has 4 rings (SSSR count). The lowest BCUT2D eigenvalue weighted by Crippen LogP contribution is -2.38. The summed E-state index contributed by atoms with van der Waals surface area (Å²) >= 11 is 0. The van der Waals surface area contributed by atoms with E-state index in [4.69, 9.17) is 4.42 Å². The number of furan rings is 1. The molecule has 0 atom stereocenters. The molecule has 2 heterocycles. The first-order valence-corrected chi connectivity index (χ1v) is 10.8. The van der Waals surface area contributed by atoms with Crippen LogP contribution in [0.3, 0.4) is 0 Å². The number of nitro groups is 1. The SMILES string of the molecule is CCc1ccccc1NC(=O)CN1C(=O)N/C(=C/c2ccc(-c3ccc(C)c([N+](=O)[O-])c3)o2)C1=O. The second-order valence-electron chi connectivity index (χ2n) is 7.90. The van der Waals surface area contributed by atoms with Gasteiger partial charge in [-0.25, -0.2) is 9.69 Å². The molecule has 3 aromatic rings. The fourth-order valence-corrected chi connectivity index (χ4v) is 3.69. The average Bonchev–Trinajstić information content (AvgIpc) is 3.40. The van der Waals surface area contributed by atoms with Crippen LogP contribution >= 0.6 is 0 Å². The van der Waals surface area contributed by atoms with Gasteiger partial charge in [-0.3, -0.25) is 19.7 Å². The third-order valence-corrected chi connectivity index (χ3v) is 5.54. The van der Waals surface area contributed by atoms with Gasteiger partial charge in [0.25, 0.3) is 11.6 Å². The summed E-state index contributed by atoms with van der Waals surface area (Å²) in [6.07, 6.45) is 2.06. The van der Waals surface area contributed by atoms with Crippen LogP contribution in [0.15, 0.2) is 64.7 Å². The zero-order valence-corrected chi connectivity index (χ0v) is 19.0. The van der Waals surface area contributed by atoms with E-state index in [1.54, 1.807) is 43.3 Å². The Labute approximate surface area is 200 Å². The van der Waals surface area contributed by atoms with Crippen LogP contribution in [-0.2, 0) is 16.0 Å². The lowest BCUT2D eigenvalue weighted by atomic mass is 10.1. The number of urea groups is 1. The Morgan fingerprint density at radius 2 is 1.94 bits per heavy atom. The second kappa shape index (κ2) is 9.64. The Kier molecular flexibility index (Phi) is 6.45. The molecule has 1 saturated heterocycles. The van der Waals surface area contributed by atoms with Crippen LogP contribution in [0.1, 0.15) is 23.8 Å². The Bertz CT molecular complexity index is 1370. The molecule has 0 saturated carbocycles. The van der Waals surface area contributed by atoms with Crippen molar-refractivity contribution in [1.29, 1.82) is 0 Å². The van der Waals surface area contributed by atoms with Crippen LogP contribution in [0.5, 0.6) is 0 Å². The average molecular weight is 474 g/mol. The molecule has 0 aliphatic carbocycles. The maximum Gasteiger partial charge on any atom is 0.329 e. The normalized spacial score (nSPS) is 14.3. The standard InChI is InChI=1S/C25H22N4O6/c1-3-16-6-4-5-7-19(16)26-23(30)14-28-24(31)20(27-25(28)32)13-18-10-11-22(35-18)17-9-8-15(2)21(12-17)29(33)34/h4-13H,3,14H2,1-2H3,(H,26,30)(H,27,32)/b20-13+. The molecule has 0 unspecified atom stereocenters. The van der Waals surface area contributed by atoms with Crippen molar-refractivity contribution in [2.24, 2.45) is 0 Å². The highest BCUT2D eigenvalue weighted by atomic mass is 16.6. The summed E-state index contributed by atoms with van der Waals surface area (Å²) in [6, 6.07) is 14.5. The van der Waals surface area contributed by atoms with Gasteiger partial charge in [0, 0.05) is 29.0 Å². The summed E-state index contributed by atoms with van der Waals surface area (Å²) in [5, 5.41) is 16.4. The van der Waals surface area contributed by atoms with E-state index in [9.17, 15) is 24.5 Å². The van der Waals surface area contributed by atoms with E-state index in [1.165, 1.54) is 12.1 Å². The first-order chi connectivity index (χ1) is 16.8. The predicted molar refractivity (Wildman–Crippen MR) is 128 cm³/mol. The highest BCUT2D eigenvalue weighted by molar-refractivity contribution is 6.15. The smallest absolute Gasteiger partial charge is 0.329 e. The van der Waals surface area contributed by atoms with Crippen LogP contribution in [0.4, 0.5) is 16.2 Å². The third-order valence-electron chi connectivity index (χ3n) is 5.54. The van der Waals surface area contributed by atoms with Crippen molar-refractivity contribution in [1.82, 2.24) is 10.2 Å². The van der Waals surface area contributed by atoms with Crippen molar-refractivity contribution in [2.45, 2.75) is 20.3 Å². The summed E-state index contributed by atoms with van der Waals surface area (Å²) in [6.45, 7) is 3.15. The Balaban J connectivity index is 1.48. The minimum Gasteiger partial charge on any atom is -0.457 e. The predicted octanol–water partition coefficient (Wildman–Crippen LogP) is 4.26. The minimum absolute atomic E-state index is 0.0347. The number of aryl methyl sites for hydroxylation is 2. The van der Waals surface area contributed by atoms with Crippen LogP contribution < -0.4 is 10.6 Å². The summed E-state index contributed by atoms with van der Waals surface area (Å²) in [5.74, 6) is -0.549. The zero-order valence-electron chi connectivity index (χ0n) is 19.0. The lowest BCUT2D eigenvalue weighted by molar-refractivity contribution is -0.385. The monoisotopic (exact) mass is 474 g/mol. The molecule has 10 heteroatoms. The molecule has 2 aromatic carbocycles. The molecule has 1 fully saturated rings. The van der Waals surface area contributed by atoms with Gasteiger partial charge < -0.3 is 15.1 Å². The van der Waals surface area contributed by atoms with Crippen LogP contribution in [-0.4, -0.2) is 34.2 Å². The van der Waals surface area contributed by atoms with Gasteiger partial charge in [-0.1, -0.05) is 37.3 Å². The van der Waals surface area contributed by atoms with Gasteiger partial charge in [-0.2, -0.15) is 0 Å². The Morgan fingerprint density at radius 3 is 2.69 bits per heavy atom. The van der Waals surface area contributed by atoms with E-state index in [2.05, 4.69) is 10.6 Å². The quantitative estimate of drug-likeness (QED) is 0.227. The molecular formula is C25H22N4O6. The molecule has 1 aliphatic rings. The van der Waals surface area contributed by atoms with Gasteiger partial charge in [0.1, 0.15) is 23.8 Å². The number of anilines is 1. The first-order valence-electron chi connectivity index (χ1n) is 10.8. The fraction of sp³-hybridized carbons (Fsp3) is 0.160. The third kappa shape index (κ3) is 4.96. The van der Waals surface area contributed by atoms with Gasteiger partial charge in [-0.05, 0) is 37.1 Å². The summed E-state index contributed by atoms with van der Waals surface area (Å²) in [5.41, 5.74) is 2.50. The molecule has 4 amide bonds. The number of rotatable bonds is 7. The fourth-order valence-electron chi connectivity index (χ4n) is 3.69. The van der Waals surface area contributed by atoms with Crippen LogP contribution in [0.25, 0.3) is 17.4 Å². The van der Waals surface area contributed by atoms with E-state index in [1.807, 2.05) is 19.1 Å². The Hall–Kier alpha value is -4.73. The van der Waals surface area contributed by atoms with E-state index < -0.39 is 29.3 Å². The number of imide groups is 1. The number of carbonyl (C=O) groups is 3. The molecule has 178 valence electrons. The van der Waals surface area contributed by atoms with Crippen molar-refractivity contribution in [3.63, 3.8) is 0 Å². The van der Waals surface area contributed by atoms with Gasteiger partial charge in [0.15, 0.2) is 0 Å². The molecule has 2 N–H and O–H groups in total. The molecule has 35 heavy (non-hydrogen) atoms. The lowest BCUT2D eigenvalue weighted by Gasteiger charge is -2.13. The highest BCUT2D eigenvalue weighted by Crippen LogP contribution is 2.29. The number of carbonyl (C=O) groups excluding carboxylic acids is 3. The number of hydrogen-bond donors (Lipinski definition) is 2. The number of benzene rings is 2. The maximum atomic E-state index is 12.7. The van der Waals surface area contributed by atoms with Crippen molar-refractivity contribution in [3.05, 3.63) is 87.3 Å². The van der Waals surface area contributed by atoms with E-state index in [-0.39, 0.29) is 17.1 Å². The maximum absolute atomic E-state index is 12.7. The highest BCUT2D eigenvalue weighted by Gasteiger charge is 2.35. The number of nitrogens with zero attached hydrogens (tertiary/aromatic N) is 2. The number of para-hydroxylation sites is 1. The number of nitro benzene ring substituents is 1. The van der Waals surface area contributed by atoms with Crippen molar-refractivity contribution in [2.75, 3.05) is 11.9 Å². The van der Waals surface area contributed by atoms with Gasteiger partial charge in [0.2, 0.25) is 5.91 Å². The molecule has 0 radical (unpaired) electrons. The Morgan fingerprint density at radius 1 is 1.17 bits per heavy atom. The molecule has 0 bridgehead atoms. The number of amides is 4. The summed E-state index contributed by atoms with van der Waals surface area (Å²) in [4.78, 5) is 49.1. The summed E-state index contributed by atoms with van der Waals surface area (Å²) in [7, 11) is 0. The second-order valence-corrected chi connectivity index (χ2v) is 7.90. The molecule has 1 aromatic heterocycles. The summed E-state index contributed by atoms with van der Waals surface area (Å²) < 4.78 is 5.71. The molecule has 0 spiro atoms. The van der Waals surface area contributed by atoms with Crippen LogP contribution in [0, 0.1) is 17.0 Å². The van der Waals surface area contributed by atoms with Gasteiger partial charge in [0.05, 0.1) is 4.92 Å². The number of nitrogens with one attached hydrogen (secondary N) is 2. The van der Waals surface area contributed by atoms with Gasteiger partial charge >= 0.3 is 6.03 Å². The molecular weight excluding hydrogens is 452 g/mol. The van der Waals surface area contributed by atoms with Gasteiger partial charge in [-0.15, -0.1) is 0 Å². The number of hydrogen-bond acceptors (Lipinski definition) is 6. The van der Waals surface area contributed by atoms with E-state index in [0.717, 1.165) is 10.5 Å². The van der Waals surface area contributed by atoms with Crippen molar-refractivity contribution in [3.8, 4) is 11.3 Å². The van der Waals surface area contributed by atoms with Crippen molar-refractivity contribution >= 4 is 35.3 Å². The minimum atomic E-state index is -0.721. The molecule has 10 nitrogen and oxygen atoms in total. The topological polar surface area (TPSA) is 135 Å². The van der Waals surface area contributed by atoms with Crippen molar-refractivity contribution < 1.29 is 23.7 Å². The van der Waals surface area contributed by atoms with E-state index >= 15 is 0 Å². The molecule has 1 aliphatic heterocycles.